The Bertz CT molecular complexity index is 381. The van der Waals surface area contributed by atoms with E-state index in [2.05, 4.69) is 26.6 Å². The van der Waals surface area contributed by atoms with Crippen LogP contribution in [0.1, 0.15) is 0 Å². The highest BCUT2D eigenvalue weighted by Gasteiger charge is 2.06. The summed E-state index contributed by atoms with van der Waals surface area (Å²) in [6.07, 6.45) is 0. The lowest BCUT2D eigenvalue weighted by Crippen LogP contribution is -2.38. The number of halogens is 1. The maximum absolute atomic E-state index is 11.3. The fourth-order valence-corrected chi connectivity index (χ4v) is 1.87. The first-order valence-corrected chi connectivity index (χ1v) is 6.29. The number of hydrogen-bond acceptors (Lipinski definition) is 3. The van der Waals surface area contributed by atoms with E-state index >= 15 is 0 Å². The molecule has 0 saturated carbocycles. The molecule has 1 aromatic carbocycles. The number of thioether (sulfide) groups is 1. The first-order chi connectivity index (χ1) is 7.61. The zero-order chi connectivity index (χ0) is 12.0. The molecule has 0 aliphatic heterocycles. The second-order valence-electron chi connectivity index (χ2n) is 2.87. The van der Waals surface area contributed by atoms with E-state index in [0.29, 0.717) is 0 Å². The van der Waals surface area contributed by atoms with Gasteiger partial charge in [-0.05, 0) is 24.3 Å². The van der Waals surface area contributed by atoms with Crippen molar-refractivity contribution in [3.8, 4) is 0 Å². The Morgan fingerprint density at radius 2 is 1.94 bits per heavy atom. The van der Waals surface area contributed by atoms with Gasteiger partial charge in [-0.2, -0.15) is 0 Å². The summed E-state index contributed by atoms with van der Waals surface area (Å²) in [4.78, 5) is 23.1. The number of amides is 3. The van der Waals surface area contributed by atoms with Gasteiger partial charge in [-0.1, -0.05) is 15.9 Å². The second kappa shape index (κ2) is 6.55. The van der Waals surface area contributed by atoms with Gasteiger partial charge in [0.05, 0.1) is 5.75 Å². The third-order valence-electron chi connectivity index (χ3n) is 1.66. The van der Waals surface area contributed by atoms with E-state index in [1.165, 1.54) is 18.8 Å². The van der Waals surface area contributed by atoms with Gasteiger partial charge in [-0.3, -0.25) is 10.1 Å². The van der Waals surface area contributed by atoms with Crippen LogP contribution in [-0.2, 0) is 4.79 Å². The highest BCUT2D eigenvalue weighted by Crippen LogP contribution is 2.20. The molecule has 0 bridgehead atoms. The molecular formula is C10H11BrN2O2S. The molecule has 3 amide bonds. The first kappa shape index (κ1) is 13.1. The zero-order valence-electron chi connectivity index (χ0n) is 8.62. The van der Waals surface area contributed by atoms with Crippen molar-refractivity contribution < 1.29 is 9.59 Å². The number of rotatable bonds is 3. The van der Waals surface area contributed by atoms with Crippen LogP contribution in [0.5, 0.6) is 0 Å². The summed E-state index contributed by atoms with van der Waals surface area (Å²) in [5.41, 5.74) is 0. The van der Waals surface area contributed by atoms with E-state index in [4.69, 9.17) is 0 Å². The molecule has 0 atom stereocenters. The van der Waals surface area contributed by atoms with Gasteiger partial charge >= 0.3 is 6.03 Å². The van der Waals surface area contributed by atoms with Gasteiger partial charge in [-0.25, -0.2) is 4.79 Å². The van der Waals surface area contributed by atoms with Crippen LogP contribution in [0.25, 0.3) is 0 Å². The molecule has 0 aliphatic carbocycles. The Kier molecular flexibility index (Phi) is 5.34. The van der Waals surface area contributed by atoms with E-state index in [-0.39, 0.29) is 11.7 Å². The highest BCUT2D eigenvalue weighted by atomic mass is 79.9. The molecule has 16 heavy (non-hydrogen) atoms. The summed E-state index contributed by atoms with van der Waals surface area (Å²) in [5, 5.41) is 4.51. The average Bonchev–Trinajstić information content (AvgIpc) is 2.28. The van der Waals surface area contributed by atoms with E-state index in [1.54, 1.807) is 0 Å². The summed E-state index contributed by atoms with van der Waals surface area (Å²) < 4.78 is 0.992. The second-order valence-corrected chi connectivity index (χ2v) is 4.83. The molecule has 0 saturated heterocycles. The lowest BCUT2D eigenvalue weighted by molar-refractivity contribution is -0.117. The molecule has 1 aromatic rings. The van der Waals surface area contributed by atoms with Crippen molar-refractivity contribution in [2.24, 2.45) is 0 Å². The lowest BCUT2D eigenvalue weighted by atomic mass is 10.4. The number of carbonyl (C=O) groups is 2. The van der Waals surface area contributed by atoms with Crippen LogP contribution in [0.4, 0.5) is 4.79 Å². The molecule has 0 radical (unpaired) electrons. The lowest BCUT2D eigenvalue weighted by Gasteiger charge is -2.03. The minimum absolute atomic E-state index is 0.217. The van der Waals surface area contributed by atoms with E-state index in [0.717, 1.165) is 9.37 Å². The molecule has 1 rings (SSSR count). The molecule has 0 spiro atoms. The summed E-state index contributed by atoms with van der Waals surface area (Å²) in [5.74, 6) is -0.0954. The number of imide groups is 1. The Hall–Kier alpha value is -1.01. The van der Waals surface area contributed by atoms with Gasteiger partial charge in [0.1, 0.15) is 0 Å². The van der Waals surface area contributed by atoms with Crippen LogP contribution in [-0.4, -0.2) is 24.7 Å². The molecule has 6 heteroatoms. The van der Waals surface area contributed by atoms with Crippen molar-refractivity contribution >= 4 is 39.6 Å². The molecule has 4 nitrogen and oxygen atoms in total. The summed E-state index contributed by atoms with van der Waals surface area (Å²) >= 11 is 4.70. The third kappa shape index (κ3) is 4.67. The van der Waals surface area contributed by atoms with Gasteiger partial charge in [0, 0.05) is 16.4 Å². The quantitative estimate of drug-likeness (QED) is 0.840. The van der Waals surface area contributed by atoms with Crippen molar-refractivity contribution in [3.63, 3.8) is 0 Å². The topological polar surface area (TPSA) is 58.2 Å². The summed E-state index contributed by atoms with van der Waals surface area (Å²) in [6.45, 7) is 0. The average molecular weight is 303 g/mol. The van der Waals surface area contributed by atoms with Crippen LogP contribution < -0.4 is 10.6 Å². The number of nitrogens with one attached hydrogen (secondary N) is 2. The fraction of sp³-hybridized carbons (Fsp3) is 0.200. The summed E-state index contributed by atoms with van der Waals surface area (Å²) in [6, 6.07) is 7.13. The van der Waals surface area contributed by atoms with Crippen molar-refractivity contribution in [2.45, 2.75) is 4.90 Å². The first-order valence-electron chi connectivity index (χ1n) is 4.51. The number of benzene rings is 1. The molecule has 0 unspecified atom stereocenters. The van der Waals surface area contributed by atoms with Gasteiger partial charge < -0.3 is 5.32 Å². The maximum Gasteiger partial charge on any atom is 0.321 e. The van der Waals surface area contributed by atoms with Gasteiger partial charge in [-0.15, -0.1) is 11.8 Å². The monoisotopic (exact) mass is 302 g/mol. The minimum Gasteiger partial charge on any atom is -0.341 e. The Morgan fingerprint density at radius 1 is 1.31 bits per heavy atom. The van der Waals surface area contributed by atoms with Crippen LogP contribution in [0.3, 0.4) is 0 Å². The Balaban J connectivity index is 2.37. The smallest absolute Gasteiger partial charge is 0.321 e. The van der Waals surface area contributed by atoms with E-state index < -0.39 is 6.03 Å². The van der Waals surface area contributed by atoms with Crippen molar-refractivity contribution in [1.29, 1.82) is 0 Å². The predicted molar refractivity (Wildman–Crippen MR) is 67.5 cm³/mol. The molecule has 0 fully saturated rings. The maximum atomic E-state index is 11.3. The van der Waals surface area contributed by atoms with Gasteiger partial charge in [0.2, 0.25) is 5.91 Å². The van der Waals surface area contributed by atoms with E-state index in [1.807, 2.05) is 24.3 Å². The molecule has 2 N–H and O–H groups in total. The van der Waals surface area contributed by atoms with Crippen LogP contribution in [0, 0.1) is 0 Å². The Morgan fingerprint density at radius 3 is 2.50 bits per heavy atom. The van der Waals surface area contributed by atoms with Crippen LogP contribution in [0.15, 0.2) is 33.6 Å². The Labute approximate surface area is 106 Å². The highest BCUT2D eigenvalue weighted by molar-refractivity contribution is 9.10. The SMILES string of the molecule is CNC(=O)NC(=O)CSc1ccc(Br)cc1. The van der Waals surface area contributed by atoms with Crippen LogP contribution >= 0.6 is 27.7 Å². The van der Waals surface area contributed by atoms with Crippen molar-refractivity contribution in [3.05, 3.63) is 28.7 Å². The summed E-state index contributed by atoms with van der Waals surface area (Å²) in [7, 11) is 1.46. The molecule has 0 aliphatic rings. The van der Waals surface area contributed by atoms with Crippen molar-refractivity contribution in [1.82, 2.24) is 10.6 Å². The third-order valence-corrected chi connectivity index (χ3v) is 3.20. The largest absolute Gasteiger partial charge is 0.341 e. The van der Waals surface area contributed by atoms with Crippen molar-refractivity contribution in [2.75, 3.05) is 12.8 Å². The van der Waals surface area contributed by atoms with Gasteiger partial charge in [0.15, 0.2) is 0 Å². The minimum atomic E-state index is -0.485. The normalized spacial score (nSPS) is 9.62. The number of urea groups is 1. The number of hydrogen-bond donors (Lipinski definition) is 2. The van der Waals surface area contributed by atoms with E-state index in [9.17, 15) is 9.59 Å². The zero-order valence-corrected chi connectivity index (χ0v) is 11.0. The molecular weight excluding hydrogens is 292 g/mol. The number of carbonyl (C=O) groups excluding carboxylic acids is 2. The molecule has 86 valence electrons. The molecule has 0 aromatic heterocycles. The standard InChI is InChI=1S/C10H11BrN2O2S/c1-12-10(15)13-9(14)6-16-8-4-2-7(11)3-5-8/h2-5H,6H2,1H3,(H2,12,13,14,15). The molecule has 0 heterocycles. The van der Waals surface area contributed by atoms with Crippen LogP contribution in [0.2, 0.25) is 0 Å². The predicted octanol–water partition coefficient (Wildman–Crippen LogP) is 2.00. The van der Waals surface area contributed by atoms with Gasteiger partial charge in [0.25, 0.3) is 0 Å². The fourth-order valence-electron chi connectivity index (χ4n) is 0.905.